The molecule has 1 atom stereocenters. The van der Waals surface area contributed by atoms with Gasteiger partial charge in [0.25, 0.3) is 0 Å². The molecule has 2 nitrogen and oxygen atoms in total. The van der Waals surface area contributed by atoms with Crippen LogP contribution in [0, 0.1) is 5.92 Å². The summed E-state index contributed by atoms with van der Waals surface area (Å²) in [7, 11) is 0. The van der Waals surface area contributed by atoms with Crippen LogP contribution in [0.25, 0.3) is 0 Å². The van der Waals surface area contributed by atoms with Gasteiger partial charge in [-0.15, -0.1) is 0 Å². The van der Waals surface area contributed by atoms with Crippen LogP contribution in [0.3, 0.4) is 0 Å². The largest absolute Gasteiger partial charge is 0.298 e. The lowest BCUT2D eigenvalue weighted by Gasteiger charge is -2.09. The van der Waals surface area contributed by atoms with Crippen LogP contribution in [-0.4, -0.2) is 12.5 Å². The lowest BCUT2D eigenvalue weighted by atomic mass is 9.96. The van der Waals surface area contributed by atoms with Gasteiger partial charge in [0.2, 0.25) is 0 Å². The predicted molar refractivity (Wildman–Crippen MR) is 52.6 cm³/mol. The summed E-state index contributed by atoms with van der Waals surface area (Å²) in [5.41, 5.74) is 1.91. The third-order valence-electron chi connectivity index (χ3n) is 2.37. The first-order chi connectivity index (χ1) is 6.40. The molecular weight excluding hydrogens is 162 g/mol. The van der Waals surface area contributed by atoms with Gasteiger partial charge in [-0.2, -0.15) is 0 Å². The summed E-state index contributed by atoms with van der Waals surface area (Å²) in [6.45, 7) is 0. The molecule has 0 fully saturated rings. The van der Waals surface area contributed by atoms with Gasteiger partial charge in [0.05, 0.1) is 0 Å². The molecule has 1 aliphatic heterocycles. The lowest BCUT2D eigenvalue weighted by Crippen LogP contribution is -2.02. The molecule has 0 radical (unpaired) electrons. The van der Waals surface area contributed by atoms with E-state index in [4.69, 9.17) is 0 Å². The van der Waals surface area contributed by atoms with Crippen molar-refractivity contribution in [3.8, 4) is 0 Å². The Morgan fingerprint density at radius 1 is 1.54 bits per heavy atom. The first-order valence-corrected chi connectivity index (χ1v) is 4.45. The van der Waals surface area contributed by atoms with Gasteiger partial charge in [-0.05, 0) is 12.5 Å². The summed E-state index contributed by atoms with van der Waals surface area (Å²) < 4.78 is 0. The summed E-state index contributed by atoms with van der Waals surface area (Å²) in [6, 6.07) is 0. The third kappa shape index (κ3) is 1.66. The summed E-state index contributed by atoms with van der Waals surface area (Å²) in [5, 5.41) is 0. The molecular formula is C11H11NO. The second kappa shape index (κ2) is 3.52. The van der Waals surface area contributed by atoms with Crippen molar-refractivity contribution in [3.05, 3.63) is 35.6 Å². The molecule has 0 aromatic heterocycles. The smallest absolute Gasteiger partial charge is 0.146 e. The minimum atomic E-state index is 0.252. The second-order valence-electron chi connectivity index (χ2n) is 3.23. The fourth-order valence-corrected chi connectivity index (χ4v) is 1.60. The highest BCUT2D eigenvalue weighted by atomic mass is 16.1. The van der Waals surface area contributed by atoms with Gasteiger partial charge in [-0.25, -0.2) is 0 Å². The van der Waals surface area contributed by atoms with Crippen LogP contribution in [0.4, 0.5) is 0 Å². The van der Waals surface area contributed by atoms with Gasteiger partial charge in [-0.3, -0.25) is 9.79 Å². The van der Waals surface area contributed by atoms with Crippen LogP contribution >= 0.6 is 0 Å². The van der Waals surface area contributed by atoms with E-state index in [1.165, 1.54) is 0 Å². The maximum atomic E-state index is 10.7. The number of rotatable bonds is 1. The molecule has 66 valence electrons. The first-order valence-electron chi connectivity index (χ1n) is 4.45. The van der Waals surface area contributed by atoms with Crippen LogP contribution in [0.2, 0.25) is 0 Å². The van der Waals surface area contributed by atoms with Gasteiger partial charge in [0.1, 0.15) is 6.29 Å². The van der Waals surface area contributed by atoms with Gasteiger partial charge in [-0.1, -0.05) is 18.2 Å². The number of carbonyl (C=O) groups excluding carboxylic acids is 1. The van der Waals surface area contributed by atoms with Crippen LogP contribution in [0.1, 0.15) is 12.8 Å². The van der Waals surface area contributed by atoms with E-state index < -0.39 is 0 Å². The van der Waals surface area contributed by atoms with Gasteiger partial charge in [0, 0.05) is 29.8 Å². The SMILES string of the molecule is O=C/C1=C/C=NC2=CCC1C=CC2. The van der Waals surface area contributed by atoms with Crippen LogP contribution < -0.4 is 0 Å². The summed E-state index contributed by atoms with van der Waals surface area (Å²) >= 11 is 0. The Morgan fingerprint density at radius 2 is 2.46 bits per heavy atom. The number of hydrogen-bond donors (Lipinski definition) is 0. The Morgan fingerprint density at radius 3 is 3.31 bits per heavy atom. The standard InChI is InChI=1S/C11H11NO/c13-8-10-6-7-12-11-3-1-2-9(10)4-5-11/h1-2,5-9H,3-4H2/b10-6-,12-7?. The molecule has 13 heavy (non-hydrogen) atoms. The molecule has 0 aromatic carbocycles. The summed E-state index contributed by atoms with van der Waals surface area (Å²) in [5.74, 6) is 0.252. The van der Waals surface area contributed by atoms with E-state index in [1.54, 1.807) is 12.3 Å². The van der Waals surface area contributed by atoms with E-state index >= 15 is 0 Å². The molecule has 1 unspecified atom stereocenters. The van der Waals surface area contributed by atoms with Crippen LogP contribution in [-0.2, 0) is 4.79 Å². The Balaban J connectivity index is 2.41. The predicted octanol–water partition coefficient (Wildman–Crippen LogP) is 2.05. The monoisotopic (exact) mass is 173 g/mol. The Kier molecular flexibility index (Phi) is 2.21. The molecule has 1 aliphatic carbocycles. The number of fused-ring (bicyclic) bond motifs is 2. The van der Waals surface area contributed by atoms with Crippen molar-refractivity contribution in [1.29, 1.82) is 0 Å². The fraction of sp³-hybridized carbons (Fsp3) is 0.273. The molecule has 2 bridgehead atoms. The summed E-state index contributed by atoms with van der Waals surface area (Å²) in [6.07, 6.45) is 12.5. The van der Waals surface area contributed by atoms with Crippen molar-refractivity contribution in [2.24, 2.45) is 10.9 Å². The van der Waals surface area contributed by atoms with Gasteiger partial charge in [0.15, 0.2) is 0 Å². The van der Waals surface area contributed by atoms with Crippen LogP contribution in [0.15, 0.2) is 40.6 Å². The zero-order valence-electron chi connectivity index (χ0n) is 7.31. The average Bonchev–Trinajstić information content (AvgIpc) is 2.29. The molecule has 0 aromatic rings. The van der Waals surface area contributed by atoms with Crippen LogP contribution in [0.5, 0.6) is 0 Å². The third-order valence-corrected chi connectivity index (χ3v) is 2.37. The number of aliphatic imine (C=N–C) groups is 1. The molecule has 1 heterocycles. The van der Waals surface area contributed by atoms with E-state index in [9.17, 15) is 4.79 Å². The van der Waals surface area contributed by atoms with Gasteiger partial charge >= 0.3 is 0 Å². The van der Waals surface area contributed by atoms with Crippen molar-refractivity contribution in [3.63, 3.8) is 0 Å². The molecule has 0 saturated heterocycles. The molecule has 2 aliphatic rings. The highest BCUT2D eigenvalue weighted by Crippen LogP contribution is 2.23. The van der Waals surface area contributed by atoms with E-state index in [-0.39, 0.29) is 5.92 Å². The zero-order chi connectivity index (χ0) is 9.10. The summed E-state index contributed by atoms with van der Waals surface area (Å²) in [4.78, 5) is 15.0. The molecule has 0 spiro atoms. The Hall–Kier alpha value is -1.44. The van der Waals surface area contributed by atoms with E-state index in [0.717, 1.165) is 30.4 Å². The molecule has 0 amide bonds. The fourth-order valence-electron chi connectivity index (χ4n) is 1.60. The normalized spacial score (nSPS) is 29.7. The van der Waals surface area contributed by atoms with Crippen molar-refractivity contribution < 1.29 is 4.79 Å². The Labute approximate surface area is 77.4 Å². The maximum absolute atomic E-state index is 10.7. The quantitative estimate of drug-likeness (QED) is 0.440. The van der Waals surface area contributed by atoms with E-state index in [1.807, 2.05) is 0 Å². The molecule has 2 heteroatoms. The second-order valence-corrected chi connectivity index (χ2v) is 3.23. The number of hydrogen-bond acceptors (Lipinski definition) is 2. The number of nitrogens with zero attached hydrogens (tertiary/aromatic N) is 1. The molecule has 0 N–H and O–H groups in total. The molecule has 2 rings (SSSR count). The zero-order valence-corrected chi connectivity index (χ0v) is 7.31. The topological polar surface area (TPSA) is 29.4 Å². The lowest BCUT2D eigenvalue weighted by molar-refractivity contribution is -0.105. The van der Waals surface area contributed by atoms with Crippen molar-refractivity contribution in [2.45, 2.75) is 12.8 Å². The number of carbonyl (C=O) groups is 1. The highest BCUT2D eigenvalue weighted by molar-refractivity contribution is 5.85. The molecule has 0 saturated carbocycles. The van der Waals surface area contributed by atoms with Crippen molar-refractivity contribution in [1.82, 2.24) is 0 Å². The van der Waals surface area contributed by atoms with E-state index in [2.05, 4.69) is 23.2 Å². The average molecular weight is 173 g/mol. The number of aldehydes is 1. The Bertz CT molecular complexity index is 334. The minimum absolute atomic E-state index is 0.252. The maximum Gasteiger partial charge on any atom is 0.146 e. The minimum Gasteiger partial charge on any atom is -0.298 e. The van der Waals surface area contributed by atoms with Crippen molar-refractivity contribution >= 4 is 12.5 Å². The van der Waals surface area contributed by atoms with E-state index in [0.29, 0.717) is 0 Å². The first kappa shape index (κ1) is 8.17. The van der Waals surface area contributed by atoms with Crippen molar-refractivity contribution in [2.75, 3.05) is 0 Å². The van der Waals surface area contributed by atoms with Gasteiger partial charge < -0.3 is 0 Å². The number of allylic oxidation sites excluding steroid dienone is 5. The highest BCUT2D eigenvalue weighted by Gasteiger charge is 2.12.